The van der Waals surface area contributed by atoms with Crippen LogP contribution in [0.4, 0.5) is 4.79 Å². The molecule has 1 unspecified atom stereocenters. The first-order valence-electron chi connectivity index (χ1n) is 10.0. The van der Waals surface area contributed by atoms with E-state index in [1.165, 1.54) is 4.90 Å². The van der Waals surface area contributed by atoms with E-state index in [9.17, 15) is 19.5 Å². The van der Waals surface area contributed by atoms with Gasteiger partial charge in [0.25, 0.3) is 0 Å². The molecule has 2 aliphatic rings. The molecule has 29 heavy (non-hydrogen) atoms. The SMILES string of the molecule is O=C(CC1(C(=O)O)CCCN(C2CCN(C(=O)O)CC2)C1)OCc1ccccc1. The Labute approximate surface area is 170 Å². The molecule has 2 saturated heterocycles. The fourth-order valence-electron chi connectivity index (χ4n) is 4.36. The van der Waals surface area contributed by atoms with Crippen molar-refractivity contribution in [2.24, 2.45) is 5.41 Å². The fraction of sp³-hybridized carbons (Fsp3) is 0.571. The van der Waals surface area contributed by atoms with Crippen molar-refractivity contribution in [2.45, 2.75) is 44.8 Å². The van der Waals surface area contributed by atoms with Gasteiger partial charge in [0.2, 0.25) is 0 Å². The third-order valence-electron chi connectivity index (χ3n) is 6.04. The first-order chi connectivity index (χ1) is 13.9. The van der Waals surface area contributed by atoms with Crippen molar-refractivity contribution < 1.29 is 29.3 Å². The van der Waals surface area contributed by atoms with Crippen molar-refractivity contribution >= 4 is 18.0 Å². The number of aliphatic carboxylic acids is 1. The second-order valence-electron chi connectivity index (χ2n) is 7.98. The average molecular weight is 404 g/mol. The number of hydrogen-bond donors (Lipinski definition) is 2. The summed E-state index contributed by atoms with van der Waals surface area (Å²) in [6, 6.07) is 9.44. The smallest absolute Gasteiger partial charge is 0.407 e. The van der Waals surface area contributed by atoms with E-state index < -0.39 is 23.4 Å². The summed E-state index contributed by atoms with van der Waals surface area (Å²) in [5.74, 6) is -1.47. The van der Waals surface area contributed by atoms with Gasteiger partial charge in [0, 0.05) is 25.7 Å². The highest BCUT2D eigenvalue weighted by Gasteiger charge is 2.46. The van der Waals surface area contributed by atoms with Crippen LogP contribution in [-0.4, -0.2) is 70.3 Å². The lowest BCUT2D eigenvalue weighted by molar-refractivity contribution is -0.163. The Hall–Kier alpha value is -2.61. The highest BCUT2D eigenvalue weighted by Crippen LogP contribution is 2.36. The van der Waals surface area contributed by atoms with Gasteiger partial charge in [-0.25, -0.2) is 4.79 Å². The number of carboxylic acids is 1. The standard InChI is InChI=1S/C21H28N2O6/c24-18(29-14-16-5-2-1-3-6-16)13-21(19(25)26)9-4-10-23(15-21)17-7-11-22(12-8-17)20(27)28/h1-3,5-6,17H,4,7-15H2,(H,25,26)(H,27,28). The number of carbonyl (C=O) groups excluding carboxylic acids is 1. The Morgan fingerprint density at radius 1 is 1.07 bits per heavy atom. The maximum absolute atomic E-state index is 12.4. The molecule has 2 heterocycles. The third kappa shape index (κ3) is 5.26. The van der Waals surface area contributed by atoms with Crippen LogP contribution in [0.2, 0.25) is 0 Å². The van der Waals surface area contributed by atoms with E-state index in [-0.39, 0.29) is 19.1 Å². The normalized spacial score (nSPS) is 23.5. The quantitative estimate of drug-likeness (QED) is 0.701. The predicted octanol–water partition coefficient (Wildman–Crippen LogP) is 2.43. The number of carboxylic acid groups (broad SMARTS) is 2. The molecule has 1 aromatic rings. The van der Waals surface area contributed by atoms with E-state index in [1.807, 2.05) is 30.3 Å². The van der Waals surface area contributed by atoms with Gasteiger partial charge in [0.1, 0.15) is 6.61 Å². The Kier molecular flexibility index (Phi) is 6.74. The minimum atomic E-state index is -1.16. The van der Waals surface area contributed by atoms with Gasteiger partial charge in [-0.3, -0.25) is 14.5 Å². The van der Waals surface area contributed by atoms with Crippen molar-refractivity contribution in [3.8, 4) is 0 Å². The van der Waals surface area contributed by atoms with Gasteiger partial charge in [-0.1, -0.05) is 30.3 Å². The summed E-state index contributed by atoms with van der Waals surface area (Å²) in [7, 11) is 0. The summed E-state index contributed by atoms with van der Waals surface area (Å²) in [5.41, 5.74) is -0.295. The molecule has 2 fully saturated rings. The van der Waals surface area contributed by atoms with E-state index in [4.69, 9.17) is 9.84 Å². The zero-order valence-electron chi connectivity index (χ0n) is 16.5. The molecule has 158 valence electrons. The van der Waals surface area contributed by atoms with Crippen LogP contribution in [0.5, 0.6) is 0 Å². The van der Waals surface area contributed by atoms with Crippen molar-refractivity contribution in [3.05, 3.63) is 35.9 Å². The number of piperidine rings is 2. The number of nitrogens with zero attached hydrogens (tertiary/aromatic N) is 2. The van der Waals surface area contributed by atoms with Gasteiger partial charge in [-0.15, -0.1) is 0 Å². The van der Waals surface area contributed by atoms with E-state index in [0.29, 0.717) is 45.3 Å². The van der Waals surface area contributed by atoms with Crippen LogP contribution < -0.4 is 0 Å². The first-order valence-corrected chi connectivity index (χ1v) is 10.0. The Morgan fingerprint density at radius 2 is 1.76 bits per heavy atom. The lowest BCUT2D eigenvalue weighted by Gasteiger charge is -2.45. The number of esters is 1. The second-order valence-corrected chi connectivity index (χ2v) is 7.98. The maximum Gasteiger partial charge on any atom is 0.407 e. The second kappa shape index (κ2) is 9.26. The van der Waals surface area contributed by atoms with Gasteiger partial charge in [-0.05, 0) is 37.8 Å². The Morgan fingerprint density at radius 3 is 2.38 bits per heavy atom. The summed E-state index contributed by atoms with van der Waals surface area (Å²) >= 11 is 0. The largest absolute Gasteiger partial charge is 0.481 e. The van der Waals surface area contributed by atoms with Crippen LogP contribution in [-0.2, 0) is 20.9 Å². The molecule has 2 aliphatic heterocycles. The highest BCUT2D eigenvalue weighted by atomic mass is 16.5. The summed E-state index contributed by atoms with van der Waals surface area (Å²) in [4.78, 5) is 39.2. The average Bonchev–Trinajstić information content (AvgIpc) is 2.73. The zero-order valence-corrected chi connectivity index (χ0v) is 16.5. The molecule has 2 N–H and O–H groups in total. The van der Waals surface area contributed by atoms with Crippen molar-refractivity contribution in [1.29, 1.82) is 0 Å². The van der Waals surface area contributed by atoms with Gasteiger partial charge >= 0.3 is 18.0 Å². The van der Waals surface area contributed by atoms with Gasteiger partial charge in [0.15, 0.2) is 0 Å². The van der Waals surface area contributed by atoms with Gasteiger partial charge < -0.3 is 19.8 Å². The number of carbonyl (C=O) groups is 3. The molecule has 0 aliphatic carbocycles. The molecule has 0 radical (unpaired) electrons. The Bertz CT molecular complexity index is 732. The molecule has 8 nitrogen and oxygen atoms in total. The van der Waals surface area contributed by atoms with E-state index in [0.717, 1.165) is 12.1 Å². The molecule has 1 atom stereocenters. The minimum Gasteiger partial charge on any atom is -0.481 e. The van der Waals surface area contributed by atoms with Crippen molar-refractivity contribution in [1.82, 2.24) is 9.80 Å². The monoisotopic (exact) mass is 404 g/mol. The topological polar surface area (TPSA) is 107 Å². The maximum atomic E-state index is 12.4. The predicted molar refractivity (Wildman–Crippen MR) is 104 cm³/mol. The number of ether oxygens (including phenoxy) is 1. The number of likely N-dealkylation sites (tertiary alicyclic amines) is 2. The molecule has 0 bridgehead atoms. The van der Waals surface area contributed by atoms with Crippen LogP contribution in [0.1, 0.15) is 37.7 Å². The van der Waals surface area contributed by atoms with E-state index >= 15 is 0 Å². The van der Waals surface area contributed by atoms with Crippen molar-refractivity contribution in [2.75, 3.05) is 26.2 Å². The molecule has 0 aromatic heterocycles. The third-order valence-corrected chi connectivity index (χ3v) is 6.04. The highest BCUT2D eigenvalue weighted by molar-refractivity contribution is 5.82. The van der Waals surface area contributed by atoms with E-state index in [1.54, 1.807) is 0 Å². The van der Waals surface area contributed by atoms with Crippen LogP contribution in [0.3, 0.4) is 0 Å². The molecule has 1 aromatic carbocycles. The number of rotatable bonds is 6. The van der Waals surface area contributed by atoms with Gasteiger partial charge in [-0.2, -0.15) is 0 Å². The Balaban J connectivity index is 1.59. The molecule has 8 heteroatoms. The molecule has 1 amide bonds. The molecule has 3 rings (SSSR count). The zero-order chi connectivity index (χ0) is 20.9. The number of amides is 1. The van der Waals surface area contributed by atoms with Crippen molar-refractivity contribution in [3.63, 3.8) is 0 Å². The fourth-order valence-corrected chi connectivity index (χ4v) is 4.36. The lowest BCUT2D eigenvalue weighted by Crippen LogP contribution is -2.54. The molecule has 0 spiro atoms. The minimum absolute atomic E-state index is 0.132. The summed E-state index contributed by atoms with van der Waals surface area (Å²) in [5, 5.41) is 19.0. The van der Waals surface area contributed by atoms with Crippen LogP contribution in [0.15, 0.2) is 30.3 Å². The number of hydrogen-bond acceptors (Lipinski definition) is 5. The molecular formula is C21H28N2O6. The summed E-state index contributed by atoms with van der Waals surface area (Å²) in [6.45, 7) is 2.10. The summed E-state index contributed by atoms with van der Waals surface area (Å²) in [6.07, 6.45) is 1.42. The van der Waals surface area contributed by atoms with Gasteiger partial charge in [0.05, 0.1) is 11.8 Å². The lowest BCUT2D eigenvalue weighted by atomic mass is 9.76. The van der Waals surface area contributed by atoms with E-state index in [2.05, 4.69) is 4.90 Å². The summed E-state index contributed by atoms with van der Waals surface area (Å²) < 4.78 is 5.33. The molecule has 0 saturated carbocycles. The van der Waals surface area contributed by atoms with Crippen LogP contribution in [0, 0.1) is 5.41 Å². The number of benzene rings is 1. The van der Waals surface area contributed by atoms with Crippen LogP contribution in [0.25, 0.3) is 0 Å². The first kappa shape index (κ1) is 21.1. The van der Waals surface area contributed by atoms with Crippen LogP contribution >= 0.6 is 0 Å². The molecular weight excluding hydrogens is 376 g/mol.